The number of hydrogen-bond donors (Lipinski definition) is 0. The van der Waals surface area contributed by atoms with Crippen molar-refractivity contribution in [2.45, 2.75) is 31.7 Å². The van der Waals surface area contributed by atoms with E-state index in [0.717, 1.165) is 38.2 Å². The standard InChI is InChI=1S/C18H28N2OS/c1-19(13-10-16-7-4-3-5-8-16)17-9-6-12-20(15-17)18(21)11-14-22-2/h3-5,7-8,17H,6,9-15H2,1-2H3. The van der Waals surface area contributed by atoms with Gasteiger partial charge in [-0.1, -0.05) is 30.3 Å². The number of likely N-dealkylation sites (tertiary alicyclic amines) is 1. The van der Waals surface area contributed by atoms with Gasteiger partial charge in [0.25, 0.3) is 0 Å². The van der Waals surface area contributed by atoms with Gasteiger partial charge in [0.1, 0.15) is 0 Å². The third-order valence-corrected chi connectivity index (χ3v) is 5.10. The van der Waals surface area contributed by atoms with Crippen LogP contribution in [0.1, 0.15) is 24.8 Å². The summed E-state index contributed by atoms with van der Waals surface area (Å²) in [6.07, 6.45) is 6.16. The third kappa shape index (κ3) is 5.33. The molecule has 0 aromatic heterocycles. The summed E-state index contributed by atoms with van der Waals surface area (Å²) in [4.78, 5) is 16.7. The van der Waals surface area contributed by atoms with E-state index in [0.29, 0.717) is 18.4 Å². The third-order valence-electron chi connectivity index (χ3n) is 4.49. The number of rotatable bonds is 7. The van der Waals surface area contributed by atoms with Gasteiger partial charge in [-0.25, -0.2) is 0 Å². The van der Waals surface area contributed by atoms with Crippen LogP contribution in [0.4, 0.5) is 0 Å². The van der Waals surface area contributed by atoms with Gasteiger partial charge in [0, 0.05) is 37.8 Å². The summed E-state index contributed by atoms with van der Waals surface area (Å²) in [6.45, 7) is 2.90. The predicted molar refractivity (Wildman–Crippen MR) is 95.4 cm³/mol. The lowest BCUT2D eigenvalue weighted by Crippen LogP contribution is -2.49. The molecular formula is C18H28N2OS. The maximum absolute atomic E-state index is 12.2. The molecule has 1 fully saturated rings. The molecule has 0 bridgehead atoms. The van der Waals surface area contributed by atoms with Gasteiger partial charge < -0.3 is 9.80 Å². The maximum atomic E-state index is 12.2. The molecule has 0 spiro atoms. The van der Waals surface area contributed by atoms with Gasteiger partial charge in [-0.05, 0) is 38.1 Å². The van der Waals surface area contributed by atoms with Gasteiger partial charge in [0.2, 0.25) is 5.91 Å². The van der Waals surface area contributed by atoms with E-state index in [1.165, 1.54) is 12.0 Å². The number of thioether (sulfide) groups is 1. The first kappa shape index (κ1) is 17.4. The number of benzene rings is 1. The lowest BCUT2D eigenvalue weighted by molar-refractivity contribution is -0.132. The highest BCUT2D eigenvalue weighted by Crippen LogP contribution is 2.16. The van der Waals surface area contributed by atoms with Crippen molar-refractivity contribution in [3.63, 3.8) is 0 Å². The summed E-state index contributed by atoms with van der Waals surface area (Å²) >= 11 is 1.75. The predicted octanol–water partition coefficient (Wildman–Crippen LogP) is 2.91. The van der Waals surface area contributed by atoms with E-state index in [9.17, 15) is 4.79 Å². The normalized spacial score (nSPS) is 18.7. The molecule has 1 saturated heterocycles. The minimum absolute atomic E-state index is 0.329. The number of piperidine rings is 1. The molecule has 1 unspecified atom stereocenters. The Bertz CT molecular complexity index is 452. The second-order valence-electron chi connectivity index (χ2n) is 6.09. The smallest absolute Gasteiger partial charge is 0.223 e. The van der Waals surface area contributed by atoms with Crippen LogP contribution in [0.15, 0.2) is 30.3 Å². The van der Waals surface area contributed by atoms with E-state index in [1.807, 2.05) is 0 Å². The number of amides is 1. The molecule has 0 radical (unpaired) electrons. The van der Waals surface area contributed by atoms with Crippen LogP contribution in [0, 0.1) is 0 Å². The minimum atomic E-state index is 0.329. The summed E-state index contributed by atoms with van der Waals surface area (Å²) in [6, 6.07) is 11.1. The minimum Gasteiger partial charge on any atom is -0.341 e. The number of likely N-dealkylation sites (N-methyl/N-ethyl adjacent to an activating group) is 1. The number of hydrogen-bond acceptors (Lipinski definition) is 3. The summed E-state index contributed by atoms with van der Waals surface area (Å²) in [5.74, 6) is 1.26. The van der Waals surface area contributed by atoms with Gasteiger partial charge in [-0.3, -0.25) is 4.79 Å². The zero-order valence-electron chi connectivity index (χ0n) is 13.8. The Morgan fingerprint density at radius 3 is 2.86 bits per heavy atom. The van der Waals surface area contributed by atoms with Crippen molar-refractivity contribution in [2.75, 3.05) is 38.7 Å². The first-order valence-electron chi connectivity index (χ1n) is 8.21. The highest BCUT2D eigenvalue weighted by atomic mass is 32.2. The number of nitrogens with zero attached hydrogens (tertiary/aromatic N) is 2. The van der Waals surface area contributed by atoms with Crippen molar-refractivity contribution in [2.24, 2.45) is 0 Å². The molecule has 0 saturated carbocycles. The zero-order valence-corrected chi connectivity index (χ0v) is 14.6. The topological polar surface area (TPSA) is 23.6 Å². The van der Waals surface area contributed by atoms with E-state index in [2.05, 4.69) is 53.4 Å². The van der Waals surface area contributed by atoms with Crippen LogP contribution in [-0.4, -0.2) is 60.4 Å². The van der Waals surface area contributed by atoms with Gasteiger partial charge >= 0.3 is 0 Å². The Morgan fingerprint density at radius 2 is 2.14 bits per heavy atom. The van der Waals surface area contributed by atoms with E-state index in [1.54, 1.807) is 11.8 Å². The SMILES string of the molecule is CSCCC(=O)N1CCCC(N(C)CCc2ccccc2)C1. The Balaban J connectivity index is 1.79. The highest BCUT2D eigenvalue weighted by molar-refractivity contribution is 7.98. The van der Waals surface area contributed by atoms with Crippen LogP contribution in [0.3, 0.4) is 0 Å². The van der Waals surface area contributed by atoms with Crippen molar-refractivity contribution in [1.82, 2.24) is 9.80 Å². The van der Waals surface area contributed by atoms with Crippen LogP contribution >= 0.6 is 11.8 Å². The van der Waals surface area contributed by atoms with E-state index >= 15 is 0 Å². The zero-order chi connectivity index (χ0) is 15.8. The van der Waals surface area contributed by atoms with E-state index in [-0.39, 0.29) is 0 Å². The molecule has 1 amide bonds. The first-order chi connectivity index (χ1) is 10.7. The Morgan fingerprint density at radius 1 is 1.36 bits per heavy atom. The summed E-state index contributed by atoms with van der Waals surface area (Å²) in [7, 11) is 2.20. The Kier molecular flexibility index (Phi) is 7.26. The molecule has 0 aliphatic carbocycles. The summed E-state index contributed by atoms with van der Waals surface area (Å²) in [5.41, 5.74) is 1.39. The second-order valence-corrected chi connectivity index (χ2v) is 7.08. The van der Waals surface area contributed by atoms with E-state index in [4.69, 9.17) is 0 Å². The number of carbonyl (C=O) groups excluding carboxylic acids is 1. The molecule has 1 aromatic rings. The van der Waals surface area contributed by atoms with Gasteiger partial charge in [0.15, 0.2) is 0 Å². The molecule has 122 valence electrons. The maximum Gasteiger partial charge on any atom is 0.223 e. The average molecular weight is 321 g/mol. The Labute approximate surface area is 139 Å². The largest absolute Gasteiger partial charge is 0.341 e. The van der Waals surface area contributed by atoms with Crippen molar-refractivity contribution in [3.8, 4) is 0 Å². The van der Waals surface area contributed by atoms with Crippen LogP contribution in [0.5, 0.6) is 0 Å². The molecular weight excluding hydrogens is 292 g/mol. The molecule has 1 aliphatic rings. The first-order valence-corrected chi connectivity index (χ1v) is 9.61. The van der Waals surface area contributed by atoms with Crippen molar-refractivity contribution < 1.29 is 4.79 Å². The van der Waals surface area contributed by atoms with Crippen molar-refractivity contribution in [3.05, 3.63) is 35.9 Å². The molecule has 1 atom stereocenters. The van der Waals surface area contributed by atoms with Crippen LogP contribution < -0.4 is 0 Å². The lowest BCUT2D eigenvalue weighted by Gasteiger charge is -2.37. The van der Waals surface area contributed by atoms with Crippen molar-refractivity contribution in [1.29, 1.82) is 0 Å². The van der Waals surface area contributed by atoms with Gasteiger partial charge in [-0.15, -0.1) is 0 Å². The fraction of sp³-hybridized carbons (Fsp3) is 0.611. The molecule has 22 heavy (non-hydrogen) atoms. The van der Waals surface area contributed by atoms with E-state index < -0.39 is 0 Å². The molecule has 2 rings (SSSR count). The quantitative estimate of drug-likeness (QED) is 0.772. The van der Waals surface area contributed by atoms with Crippen LogP contribution in [-0.2, 0) is 11.2 Å². The molecule has 0 N–H and O–H groups in total. The fourth-order valence-electron chi connectivity index (χ4n) is 3.02. The highest BCUT2D eigenvalue weighted by Gasteiger charge is 2.25. The summed E-state index contributed by atoms with van der Waals surface area (Å²) < 4.78 is 0. The molecule has 3 nitrogen and oxygen atoms in total. The van der Waals surface area contributed by atoms with Gasteiger partial charge in [-0.2, -0.15) is 11.8 Å². The molecule has 1 aromatic carbocycles. The van der Waals surface area contributed by atoms with Crippen LogP contribution in [0.25, 0.3) is 0 Å². The van der Waals surface area contributed by atoms with Gasteiger partial charge in [0.05, 0.1) is 0 Å². The summed E-state index contributed by atoms with van der Waals surface area (Å²) in [5, 5.41) is 0. The molecule has 4 heteroatoms. The second kappa shape index (κ2) is 9.21. The molecule has 1 aliphatic heterocycles. The average Bonchev–Trinajstić information content (AvgIpc) is 2.58. The molecule has 1 heterocycles. The Hall–Kier alpha value is -1.00. The van der Waals surface area contributed by atoms with Crippen LogP contribution in [0.2, 0.25) is 0 Å². The van der Waals surface area contributed by atoms with Crippen molar-refractivity contribution >= 4 is 17.7 Å². The lowest BCUT2D eigenvalue weighted by atomic mass is 10.0. The monoisotopic (exact) mass is 320 g/mol. The number of carbonyl (C=O) groups is 1. The fourth-order valence-corrected chi connectivity index (χ4v) is 3.40.